The monoisotopic (exact) mass is 546 g/mol. The summed E-state index contributed by atoms with van der Waals surface area (Å²) >= 11 is 0. The molecule has 0 N–H and O–H groups in total. The van der Waals surface area contributed by atoms with Gasteiger partial charge in [-0.25, -0.2) is 18.8 Å². The second-order valence-electron chi connectivity index (χ2n) is 11.6. The Morgan fingerprint density at radius 2 is 1.00 bits per heavy atom. The quantitative estimate of drug-likeness (QED) is 0.263. The van der Waals surface area contributed by atoms with Crippen LogP contribution in [0.4, 0.5) is 8.78 Å². The average molecular weight is 547 g/mol. The SMILES string of the molecule is Fc1ccc(CC(Cc2ccc(F)cc2)(C2=N[C@H]3c4ccccc4C[C@H]3O2)C2=N[C@H]3c4ccccc4C[C@H]3O2)cc1. The maximum Gasteiger partial charge on any atom is 0.201 e. The second kappa shape index (κ2) is 9.37. The molecule has 4 aromatic rings. The van der Waals surface area contributed by atoms with E-state index in [4.69, 9.17) is 19.5 Å². The molecule has 0 fully saturated rings. The van der Waals surface area contributed by atoms with Gasteiger partial charge in [-0.15, -0.1) is 0 Å². The van der Waals surface area contributed by atoms with Crippen LogP contribution in [0.15, 0.2) is 107 Å². The third kappa shape index (κ3) is 4.07. The maximum absolute atomic E-state index is 14.0. The van der Waals surface area contributed by atoms with Gasteiger partial charge in [0.1, 0.15) is 41.3 Å². The van der Waals surface area contributed by atoms with E-state index in [2.05, 4.69) is 36.4 Å². The predicted molar refractivity (Wildman–Crippen MR) is 153 cm³/mol. The lowest BCUT2D eigenvalue weighted by Gasteiger charge is -2.34. The molecule has 2 aliphatic heterocycles. The van der Waals surface area contributed by atoms with E-state index >= 15 is 0 Å². The summed E-state index contributed by atoms with van der Waals surface area (Å²) < 4.78 is 41.5. The minimum atomic E-state index is -0.895. The zero-order valence-corrected chi connectivity index (χ0v) is 22.3. The van der Waals surface area contributed by atoms with Gasteiger partial charge < -0.3 is 9.47 Å². The molecule has 0 saturated heterocycles. The molecule has 0 radical (unpaired) electrons. The average Bonchev–Trinajstić information content (AvgIpc) is 3.74. The third-order valence-corrected chi connectivity index (χ3v) is 8.99. The molecule has 2 heterocycles. The van der Waals surface area contributed by atoms with Gasteiger partial charge in [0.25, 0.3) is 0 Å². The Morgan fingerprint density at radius 1 is 0.585 bits per heavy atom. The molecule has 0 bridgehead atoms. The van der Waals surface area contributed by atoms with E-state index in [1.165, 1.54) is 46.5 Å². The van der Waals surface area contributed by atoms with Crippen LogP contribution in [0.3, 0.4) is 0 Å². The zero-order valence-electron chi connectivity index (χ0n) is 22.3. The van der Waals surface area contributed by atoms with Gasteiger partial charge in [0.05, 0.1) is 0 Å². The number of nitrogens with zero attached hydrogens (tertiary/aromatic N) is 2. The van der Waals surface area contributed by atoms with Crippen LogP contribution in [0.2, 0.25) is 0 Å². The molecule has 0 aromatic heterocycles. The Labute approximate surface area is 237 Å². The normalized spacial score (nSPS) is 23.6. The second-order valence-corrected chi connectivity index (χ2v) is 11.6. The van der Waals surface area contributed by atoms with Gasteiger partial charge in [-0.2, -0.15) is 0 Å². The number of hydrogen-bond acceptors (Lipinski definition) is 4. The van der Waals surface area contributed by atoms with Crippen LogP contribution in [0.1, 0.15) is 45.5 Å². The molecular weight excluding hydrogens is 518 g/mol. The number of benzene rings is 4. The van der Waals surface area contributed by atoms with Gasteiger partial charge >= 0.3 is 0 Å². The minimum Gasteiger partial charge on any atom is -0.474 e. The maximum atomic E-state index is 14.0. The fourth-order valence-corrected chi connectivity index (χ4v) is 7.02. The van der Waals surface area contributed by atoms with Crippen molar-refractivity contribution in [2.24, 2.45) is 15.4 Å². The van der Waals surface area contributed by atoms with Crippen molar-refractivity contribution in [3.05, 3.63) is 142 Å². The fourth-order valence-electron chi connectivity index (χ4n) is 7.02. The van der Waals surface area contributed by atoms with Crippen LogP contribution in [0, 0.1) is 17.0 Å². The lowest BCUT2D eigenvalue weighted by molar-refractivity contribution is 0.162. The first-order valence-corrected chi connectivity index (χ1v) is 14.2. The Kier molecular flexibility index (Phi) is 5.59. The van der Waals surface area contributed by atoms with Crippen molar-refractivity contribution < 1.29 is 18.3 Å². The molecule has 4 aromatic carbocycles. The molecule has 0 unspecified atom stereocenters. The molecular formula is C35H28F2N2O2. The van der Waals surface area contributed by atoms with Crippen LogP contribution in [-0.2, 0) is 35.2 Å². The first-order chi connectivity index (χ1) is 20.1. The van der Waals surface area contributed by atoms with Crippen molar-refractivity contribution in [3.63, 3.8) is 0 Å². The van der Waals surface area contributed by atoms with Gasteiger partial charge in [0.15, 0.2) is 0 Å². The van der Waals surface area contributed by atoms with E-state index in [9.17, 15) is 8.78 Å². The number of aliphatic imine (C=N–C) groups is 2. The lowest BCUT2D eigenvalue weighted by Crippen LogP contribution is -2.45. The molecule has 0 saturated carbocycles. The summed E-state index contributed by atoms with van der Waals surface area (Å²) in [6, 6.07) is 29.6. The highest BCUT2D eigenvalue weighted by Crippen LogP contribution is 2.49. The summed E-state index contributed by atoms with van der Waals surface area (Å²) in [6.45, 7) is 0. The Bertz CT molecular complexity index is 1570. The minimum absolute atomic E-state index is 0.106. The molecule has 4 atom stereocenters. The molecule has 4 aliphatic rings. The van der Waals surface area contributed by atoms with Crippen molar-refractivity contribution in [1.82, 2.24) is 0 Å². The molecule has 8 rings (SSSR count). The summed E-state index contributed by atoms with van der Waals surface area (Å²) in [5.74, 6) is 0.587. The predicted octanol–water partition coefficient (Wildman–Crippen LogP) is 6.93. The molecule has 4 nitrogen and oxygen atoms in total. The highest BCUT2D eigenvalue weighted by Gasteiger charge is 2.54. The van der Waals surface area contributed by atoms with Crippen molar-refractivity contribution in [2.45, 2.75) is 50.0 Å². The van der Waals surface area contributed by atoms with Gasteiger partial charge in [-0.1, -0.05) is 72.8 Å². The molecule has 204 valence electrons. The van der Waals surface area contributed by atoms with Crippen molar-refractivity contribution in [3.8, 4) is 0 Å². The first-order valence-electron chi connectivity index (χ1n) is 14.2. The van der Waals surface area contributed by atoms with Crippen LogP contribution in [0.25, 0.3) is 0 Å². The van der Waals surface area contributed by atoms with Crippen LogP contribution in [-0.4, -0.2) is 24.0 Å². The summed E-state index contributed by atoms with van der Waals surface area (Å²) in [6.07, 6.45) is 2.25. The smallest absolute Gasteiger partial charge is 0.201 e. The number of fused-ring (bicyclic) bond motifs is 6. The van der Waals surface area contributed by atoms with Crippen molar-refractivity contribution in [1.29, 1.82) is 0 Å². The summed E-state index contributed by atoms with van der Waals surface area (Å²) in [5.41, 5.74) is 5.83. The molecule has 6 heteroatoms. The van der Waals surface area contributed by atoms with E-state index in [1.54, 1.807) is 24.3 Å². The number of halogens is 2. The number of hydrogen-bond donors (Lipinski definition) is 0. The van der Waals surface area contributed by atoms with Crippen molar-refractivity contribution >= 4 is 11.8 Å². The Hall–Kier alpha value is -4.32. The Morgan fingerprint density at radius 3 is 1.44 bits per heavy atom. The van der Waals surface area contributed by atoms with E-state index in [1.807, 2.05) is 12.1 Å². The van der Waals surface area contributed by atoms with Crippen LogP contribution < -0.4 is 0 Å². The van der Waals surface area contributed by atoms with E-state index < -0.39 is 5.41 Å². The zero-order chi connectivity index (χ0) is 27.6. The lowest BCUT2D eigenvalue weighted by atomic mass is 9.75. The highest BCUT2D eigenvalue weighted by atomic mass is 19.1. The molecule has 0 spiro atoms. The molecule has 2 aliphatic carbocycles. The van der Waals surface area contributed by atoms with Crippen molar-refractivity contribution in [2.75, 3.05) is 0 Å². The van der Waals surface area contributed by atoms with Gasteiger partial charge in [-0.3, -0.25) is 0 Å². The molecule has 0 amide bonds. The van der Waals surface area contributed by atoms with E-state index in [-0.39, 0.29) is 35.9 Å². The van der Waals surface area contributed by atoms with Gasteiger partial charge in [0, 0.05) is 12.8 Å². The third-order valence-electron chi connectivity index (χ3n) is 8.99. The highest BCUT2D eigenvalue weighted by molar-refractivity contribution is 6.07. The topological polar surface area (TPSA) is 43.2 Å². The summed E-state index contributed by atoms with van der Waals surface area (Å²) in [4.78, 5) is 10.5. The summed E-state index contributed by atoms with van der Waals surface area (Å²) in [7, 11) is 0. The van der Waals surface area contributed by atoms with Crippen LogP contribution in [0.5, 0.6) is 0 Å². The summed E-state index contributed by atoms with van der Waals surface area (Å²) in [5, 5.41) is 0. The molecule has 41 heavy (non-hydrogen) atoms. The first kappa shape index (κ1) is 24.5. The van der Waals surface area contributed by atoms with Crippen LogP contribution >= 0.6 is 0 Å². The standard InChI is InChI=1S/C35H28F2N2O2/c36-25-13-9-21(10-14-25)19-35(20-22-11-15-26(37)16-12-22,33-38-31-27-7-3-1-5-23(27)17-29(31)40-33)34-39-32-28-8-4-2-6-24(28)18-30(32)41-34/h1-16,29-32H,17-20H2/t29-,30-,31+,32+/m1/s1. The van der Waals surface area contributed by atoms with Gasteiger partial charge in [0.2, 0.25) is 11.8 Å². The van der Waals surface area contributed by atoms with E-state index in [0.29, 0.717) is 24.6 Å². The largest absolute Gasteiger partial charge is 0.474 e. The van der Waals surface area contributed by atoms with Gasteiger partial charge in [-0.05, 0) is 70.5 Å². The Balaban J connectivity index is 1.29. The van der Waals surface area contributed by atoms with E-state index in [0.717, 1.165) is 24.0 Å². The number of rotatable bonds is 6. The fraction of sp³-hybridized carbons (Fsp3) is 0.257. The number of ether oxygens (including phenoxy) is 2.